The van der Waals surface area contributed by atoms with Crippen LogP contribution in [0.4, 0.5) is 32.3 Å². The molecule has 0 spiro atoms. The molecule has 9 N–H and O–H groups in total. The zero-order valence-corrected chi connectivity index (χ0v) is 17.3. The van der Waals surface area contributed by atoms with Gasteiger partial charge in [0.2, 0.25) is 5.95 Å². The van der Waals surface area contributed by atoms with Crippen molar-refractivity contribution >= 4 is 41.0 Å². The Morgan fingerprint density at radius 1 is 1.15 bits per heavy atom. The molecule has 3 aromatic rings. The van der Waals surface area contributed by atoms with Gasteiger partial charge in [-0.15, -0.1) is 0 Å². The van der Waals surface area contributed by atoms with Crippen LogP contribution >= 0.6 is 0 Å². The van der Waals surface area contributed by atoms with Crippen LogP contribution in [0.3, 0.4) is 0 Å². The molecule has 3 amide bonds. The second kappa shape index (κ2) is 10.1. The minimum atomic E-state index is -1.32. The molecule has 2 aromatic heterocycles. The van der Waals surface area contributed by atoms with Gasteiger partial charge in [-0.2, -0.15) is 4.98 Å². The number of nitrogens with zero attached hydrogens (tertiary/aromatic N) is 2. The SMILES string of the molecule is Nc1nc(N)c(NC(=O)Nc2cnc(C(=O)N[C@@H](Cc3ccccc3)C(=O)O)c(F)c2)c(=O)[nH]1. The molecule has 34 heavy (non-hydrogen) atoms. The van der Waals surface area contributed by atoms with Crippen molar-refractivity contribution in [1.29, 1.82) is 0 Å². The predicted molar refractivity (Wildman–Crippen MR) is 120 cm³/mol. The van der Waals surface area contributed by atoms with Crippen LogP contribution in [0.1, 0.15) is 16.1 Å². The van der Waals surface area contributed by atoms with Gasteiger partial charge in [0.05, 0.1) is 11.9 Å². The van der Waals surface area contributed by atoms with E-state index in [0.717, 1.165) is 12.3 Å². The number of carbonyl (C=O) groups excluding carboxylic acids is 2. The molecule has 0 fully saturated rings. The van der Waals surface area contributed by atoms with Crippen molar-refractivity contribution in [1.82, 2.24) is 20.3 Å². The lowest BCUT2D eigenvalue weighted by Crippen LogP contribution is -2.42. The number of hydrogen-bond acceptors (Lipinski definition) is 8. The fourth-order valence-electron chi connectivity index (χ4n) is 2.86. The number of urea groups is 1. The summed E-state index contributed by atoms with van der Waals surface area (Å²) in [4.78, 5) is 57.3. The maximum absolute atomic E-state index is 14.5. The van der Waals surface area contributed by atoms with Crippen LogP contribution in [-0.2, 0) is 11.2 Å². The summed E-state index contributed by atoms with van der Waals surface area (Å²) in [6, 6.07) is 7.06. The minimum absolute atomic E-state index is 0.0222. The molecule has 1 aromatic carbocycles. The number of aromatic nitrogens is 3. The van der Waals surface area contributed by atoms with E-state index in [1.165, 1.54) is 0 Å². The maximum atomic E-state index is 14.5. The molecule has 0 saturated carbocycles. The zero-order chi connectivity index (χ0) is 24.8. The van der Waals surface area contributed by atoms with Gasteiger partial charge in [-0.3, -0.25) is 19.9 Å². The average Bonchev–Trinajstić information content (AvgIpc) is 2.76. The topological polar surface area (TPSA) is 218 Å². The van der Waals surface area contributed by atoms with Crippen molar-refractivity contribution in [2.75, 3.05) is 22.1 Å². The first-order valence-corrected chi connectivity index (χ1v) is 9.60. The van der Waals surface area contributed by atoms with E-state index in [1.54, 1.807) is 30.3 Å². The molecule has 13 nitrogen and oxygen atoms in total. The number of pyridine rings is 1. The standard InChI is InChI=1S/C20H19FN8O5/c21-11-7-10(25-20(34)27-14-15(22)28-19(23)29-17(14)31)8-24-13(11)16(30)26-12(18(32)33)6-9-4-2-1-3-5-9/h1-5,7-8,12H,6H2,(H,26,30)(H,32,33)(H2,25,27,34)(H5,22,23,28,29,31)/t12-/m0/s1. The van der Waals surface area contributed by atoms with Crippen molar-refractivity contribution in [2.45, 2.75) is 12.5 Å². The van der Waals surface area contributed by atoms with E-state index < -0.39 is 41.0 Å². The van der Waals surface area contributed by atoms with E-state index in [-0.39, 0.29) is 29.6 Å². The van der Waals surface area contributed by atoms with Crippen LogP contribution in [0.2, 0.25) is 0 Å². The molecule has 0 aliphatic rings. The van der Waals surface area contributed by atoms with E-state index in [4.69, 9.17) is 11.5 Å². The molecule has 0 saturated heterocycles. The molecule has 14 heteroatoms. The molecule has 1 atom stereocenters. The summed E-state index contributed by atoms with van der Waals surface area (Å²) in [7, 11) is 0. The van der Waals surface area contributed by atoms with Crippen LogP contribution < -0.4 is 33.0 Å². The lowest BCUT2D eigenvalue weighted by atomic mass is 10.1. The number of carbonyl (C=O) groups is 3. The van der Waals surface area contributed by atoms with Gasteiger partial charge in [0.1, 0.15) is 6.04 Å². The van der Waals surface area contributed by atoms with Crippen molar-refractivity contribution in [3.63, 3.8) is 0 Å². The van der Waals surface area contributed by atoms with Gasteiger partial charge in [-0.1, -0.05) is 30.3 Å². The van der Waals surface area contributed by atoms with Gasteiger partial charge in [-0.05, 0) is 5.56 Å². The molecule has 0 radical (unpaired) electrons. The fourth-order valence-corrected chi connectivity index (χ4v) is 2.86. The number of aromatic amines is 1. The Bertz CT molecular complexity index is 1300. The first-order valence-electron chi connectivity index (χ1n) is 9.60. The Morgan fingerprint density at radius 3 is 2.47 bits per heavy atom. The zero-order valence-electron chi connectivity index (χ0n) is 17.3. The van der Waals surface area contributed by atoms with Gasteiger partial charge in [0.15, 0.2) is 23.0 Å². The number of nitrogen functional groups attached to an aromatic ring is 2. The van der Waals surface area contributed by atoms with E-state index >= 15 is 0 Å². The molecular formula is C20H19FN8O5. The highest BCUT2D eigenvalue weighted by Crippen LogP contribution is 2.14. The van der Waals surface area contributed by atoms with Gasteiger partial charge in [0, 0.05) is 12.5 Å². The molecule has 0 bridgehead atoms. The monoisotopic (exact) mass is 470 g/mol. The molecule has 176 valence electrons. The largest absolute Gasteiger partial charge is 0.480 e. The second-order valence-corrected chi connectivity index (χ2v) is 6.90. The normalized spacial score (nSPS) is 11.3. The predicted octanol–water partition coefficient (Wildman–Crippen LogP) is 0.538. The number of halogens is 1. The van der Waals surface area contributed by atoms with Crippen molar-refractivity contribution in [3.8, 4) is 0 Å². The Balaban J connectivity index is 1.68. The molecular weight excluding hydrogens is 451 g/mol. The lowest BCUT2D eigenvalue weighted by Gasteiger charge is -2.15. The van der Waals surface area contributed by atoms with E-state index in [1.807, 2.05) is 0 Å². The molecule has 0 aliphatic heterocycles. The maximum Gasteiger partial charge on any atom is 0.326 e. The van der Waals surface area contributed by atoms with Gasteiger partial charge >= 0.3 is 12.0 Å². The number of nitrogens with one attached hydrogen (secondary N) is 4. The van der Waals surface area contributed by atoms with Crippen molar-refractivity contribution in [2.24, 2.45) is 0 Å². The number of hydrogen-bond donors (Lipinski definition) is 7. The molecule has 2 heterocycles. The number of rotatable bonds is 7. The van der Waals surface area contributed by atoms with E-state index in [2.05, 4.69) is 30.9 Å². The summed E-state index contributed by atoms with van der Waals surface area (Å²) in [5.74, 6) is -4.06. The Morgan fingerprint density at radius 2 is 1.85 bits per heavy atom. The van der Waals surface area contributed by atoms with Crippen molar-refractivity contribution < 1.29 is 23.9 Å². The van der Waals surface area contributed by atoms with E-state index in [9.17, 15) is 28.7 Å². The van der Waals surface area contributed by atoms with Gasteiger partial charge in [-0.25, -0.2) is 19.0 Å². The highest BCUT2D eigenvalue weighted by Gasteiger charge is 2.24. The van der Waals surface area contributed by atoms with Crippen LogP contribution in [-0.4, -0.2) is 44.0 Å². The summed E-state index contributed by atoms with van der Waals surface area (Å²) in [5, 5.41) is 16.0. The van der Waals surface area contributed by atoms with Gasteiger partial charge < -0.3 is 27.2 Å². The number of aliphatic carboxylic acids is 1. The Kier molecular flexibility index (Phi) is 7.01. The number of H-pyrrole nitrogens is 1. The first-order chi connectivity index (χ1) is 16.1. The summed E-state index contributed by atoms with van der Waals surface area (Å²) >= 11 is 0. The van der Waals surface area contributed by atoms with Crippen LogP contribution in [0.15, 0.2) is 47.4 Å². The summed E-state index contributed by atoms with van der Waals surface area (Å²) in [5.41, 5.74) is 9.51. The number of carboxylic acid groups (broad SMARTS) is 1. The highest BCUT2D eigenvalue weighted by molar-refractivity contribution is 6.01. The van der Waals surface area contributed by atoms with E-state index in [0.29, 0.717) is 5.56 Å². The summed E-state index contributed by atoms with van der Waals surface area (Å²) < 4.78 is 14.5. The van der Waals surface area contributed by atoms with Crippen LogP contribution in [0.5, 0.6) is 0 Å². The molecule has 0 unspecified atom stereocenters. The smallest absolute Gasteiger partial charge is 0.326 e. The quantitative estimate of drug-likeness (QED) is 0.256. The van der Waals surface area contributed by atoms with Gasteiger partial charge in [0.25, 0.3) is 11.5 Å². The number of nitrogens with two attached hydrogens (primary N) is 2. The van der Waals surface area contributed by atoms with Crippen LogP contribution in [0.25, 0.3) is 0 Å². The second-order valence-electron chi connectivity index (χ2n) is 6.90. The molecule has 3 rings (SSSR count). The average molecular weight is 470 g/mol. The minimum Gasteiger partial charge on any atom is -0.480 e. The Labute approximate surface area is 190 Å². The summed E-state index contributed by atoms with van der Waals surface area (Å²) in [6.45, 7) is 0. The third-order valence-electron chi connectivity index (χ3n) is 4.40. The number of anilines is 4. The number of amides is 3. The fraction of sp³-hybridized carbons (Fsp3) is 0.100. The van der Waals surface area contributed by atoms with Crippen LogP contribution in [0, 0.1) is 5.82 Å². The van der Waals surface area contributed by atoms with Crippen molar-refractivity contribution in [3.05, 3.63) is 70.0 Å². The highest BCUT2D eigenvalue weighted by atomic mass is 19.1. The lowest BCUT2D eigenvalue weighted by molar-refractivity contribution is -0.139. The number of benzene rings is 1. The summed E-state index contributed by atoms with van der Waals surface area (Å²) in [6.07, 6.45) is 0.949. The Hall–Kier alpha value is -5.01. The number of carboxylic acids is 1. The first kappa shape index (κ1) is 23.6. The molecule has 0 aliphatic carbocycles. The third kappa shape index (κ3) is 5.82. The third-order valence-corrected chi connectivity index (χ3v) is 4.40.